The fourth-order valence-corrected chi connectivity index (χ4v) is 3.55. The van der Waals surface area contributed by atoms with Crippen LogP contribution in [0.25, 0.3) is 6.08 Å². The molecule has 1 aromatic heterocycles. The Morgan fingerprint density at radius 3 is 2.95 bits per heavy atom. The van der Waals surface area contributed by atoms with E-state index in [1.165, 1.54) is 6.42 Å². The van der Waals surface area contributed by atoms with E-state index < -0.39 is 0 Å². The van der Waals surface area contributed by atoms with Crippen LogP contribution in [0.5, 0.6) is 0 Å². The molecular weight excluding hydrogens is 326 g/mol. The molecule has 1 aliphatic rings. The lowest BCUT2D eigenvalue weighted by molar-refractivity contribution is -0.119. The Hall–Kier alpha value is -0.650. The Morgan fingerprint density at radius 1 is 1.63 bits per heavy atom. The van der Waals surface area contributed by atoms with Crippen molar-refractivity contribution in [1.29, 1.82) is 0 Å². The van der Waals surface area contributed by atoms with Gasteiger partial charge < -0.3 is 10.1 Å². The van der Waals surface area contributed by atoms with Crippen molar-refractivity contribution in [2.75, 3.05) is 13.7 Å². The SMILES string of the molecule is COCCC1(NC(=O)/C=C/c2cc(Br)cs2)CCC1. The number of halogens is 1. The molecule has 0 unspecified atom stereocenters. The molecule has 1 N–H and O–H groups in total. The lowest BCUT2D eigenvalue weighted by atomic mass is 9.74. The molecule has 0 aliphatic heterocycles. The van der Waals surface area contributed by atoms with E-state index in [1.807, 2.05) is 17.5 Å². The van der Waals surface area contributed by atoms with E-state index in [4.69, 9.17) is 4.74 Å². The first-order chi connectivity index (χ1) is 9.13. The van der Waals surface area contributed by atoms with Crippen LogP contribution in [0.2, 0.25) is 0 Å². The number of nitrogens with one attached hydrogen (secondary N) is 1. The van der Waals surface area contributed by atoms with Crippen LogP contribution in [0.3, 0.4) is 0 Å². The van der Waals surface area contributed by atoms with E-state index in [9.17, 15) is 4.79 Å². The molecule has 0 saturated heterocycles. The molecule has 1 fully saturated rings. The molecule has 1 aliphatic carbocycles. The molecule has 1 aromatic rings. The smallest absolute Gasteiger partial charge is 0.244 e. The third-order valence-electron chi connectivity index (χ3n) is 3.47. The molecule has 0 atom stereocenters. The summed E-state index contributed by atoms with van der Waals surface area (Å²) < 4.78 is 6.16. The van der Waals surface area contributed by atoms with Crippen LogP contribution in [-0.2, 0) is 9.53 Å². The molecule has 1 amide bonds. The zero-order valence-electron chi connectivity index (χ0n) is 10.9. The first-order valence-electron chi connectivity index (χ1n) is 6.37. The number of carbonyl (C=O) groups excluding carboxylic acids is 1. The minimum Gasteiger partial charge on any atom is -0.385 e. The summed E-state index contributed by atoms with van der Waals surface area (Å²) in [6.45, 7) is 0.696. The second-order valence-electron chi connectivity index (χ2n) is 4.87. The summed E-state index contributed by atoms with van der Waals surface area (Å²) in [5, 5.41) is 5.13. The van der Waals surface area contributed by atoms with Gasteiger partial charge in [0.1, 0.15) is 0 Å². The number of thiophene rings is 1. The van der Waals surface area contributed by atoms with Crippen LogP contribution in [0.4, 0.5) is 0 Å². The van der Waals surface area contributed by atoms with Gasteiger partial charge in [0.05, 0.1) is 0 Å². The first kappa shape index (κ1) is 14.8. The van der Waals surface area contributed by atoms with Gasteiger partial charge in [-0.1, -0.05) is 0 Å². The average Bonchev–Trinajstić information content (AvgIpc) is 2.76. The molecule has 3 nitrogen and oxygen atoms in total. The fraction of sp³-hybridized carbons (Fsp3) is 0.500. The summed E-state index contributed by atoms with van der Waals surface area (Å²) in [4.78, 5) is 13.0. The molecule has 19 heavy (non-hydrogen) atoms. The normalized spacial score (nSPS) is 17.4. The van der Waals surface area contributed by atoms with Gasteiger partial charge in [-0.2, -0.15) is 0 Å². The molecule has 1 saturated carbocycles. The summed E-state index contributed by atoms with van der Waals surface area (Å²) in [6.07, 6.45) is 7.67. The predicted molar refractivity (Wildman–Crippen MR) is 82.3 cm³/mol. The third-order valence-corrected chi connectivity index (χ3v) is 5.13. The van der Waals surface area contributed by atoms with Gasteiger partial charge in [-0.05, 0) is 53.8 Å². The van der Waals surface area contributed by atoms with Crippen molar-refractivity contribution in [3.05, 3.63) is 26.9 Å². The van der Waals surface area contributed by atoms with Crippen LogP contribution < -0.4 is 5.32 Å². The Bertz CT molecular complexity index is 466. The Balaban J connectivity index is 1.87. The molecule has 104 valence electrons. The van der Waals surface area contributed by atoms with Crippen molar-refractivity contribution in [2.24, 2.45) is 0 Å². The fourth-order valence-electron chi connectivity index (χ4n) is 2.21. The molecule has 0 radical (unpaired) electrons. The monoisotopic (exact) mass is 343 g/mol. The van der Waals surface area contributed by atoms with Crippen molar-refractivity contribution < 1.29 is 9.53 Å². The number of methoxy groups -OCH3 is 1. The highest BCUT2D eigenvalue weighted by atomic mass is 79.9. The number of hydrogen-bond acceptors (Lipinski definition) is 3. The highest BCUT2D eigenvalue weighted by Crippen LogP contribution is 2.34. The predicted octanol–water partition coefficient (Wildman–Crippen LogP) is 3.60. The van der Waals surface area contributed by atoms with Gasteiger partial charge in [-0.15, -0.1) is 11.3 Å². The quantitative estimate of drug-likeness (QED) is 0.801. The highest BCUT2D eigenvalue weighted by molar-refractivity contribution is 9.10. The van der Waals surface area contributed by atoms with Gasteiger partial charge in [0.25, 0.3) is 0 Å². The standard InChI is InChI=1S/C14H18BrNO2S/c1-18-8-7-14(5-2-6-14)16-13(17)4-3-12-9-11(15)10-19-12/h3-4,9-10H,2,5-8H2,1H3,(H,16,17)/b4-3+. The van der Waals surface area contributed by atoms with Crippen molar-refractivity contribution in [1.82, 2.24) is 5.32 Å². The van der Waals surface area contributed by atoms with Gasteiger partial charge in [-0.3, -0.25) is 4.79 Å². The summed E-state index contributed by atoms with van der Waals surface area (Å²) in [7, 11) is 1.70. The third kappa shape index (κ3) is 4.16. The molecular formula is C14H18BrNO2S. The minimum atomic E-state index is -0.0343. The zero-order chi connectivity index (χ0) is 13.7. The summed E-state index contributed by atoms with van der Waals surface area (Å²) in [5.41, 5.74) is -0.0343. The summed E-state index contributed by atoms with van der Waals surface area (Å²) >= 11 is 5.01. The molecule has 2 rings (SSSR count). The van der Waals surface area contributed by atoms with Crippen LogP contribution in [0.15, 0.2) is 22.0 Å². The molecule has 0 bridgehead atoms. The zero-order valence-corrected chi connectivity index (χ0v) is 13.4. The van der Waals surface area contributed by atoms with E-state index in [2.05, 4.69) is 21.2 Å². The van der Waals surface area contributed by atoms with Gasteiger partial charge >= 0.3 is 0 Å². The average molecular weight is 344 g/mol. The number of carbonyl (C=O) groups is 1. The Morgan fingerprint density at radius 2 is 2.42 bits per heavy atom. The van der Waals surface area contributed by atoms with Crippen molar-refractivity contribution in [3.8, 4) is 0 Å². The molecule has 5 heteroatoms. The van der Waals surface area contributed by atoms with Crippen LogP contribution in [-0.4, -0.2) is 25.2 Å². The maximum atomic E-state index is 11.9. The summed E-state index contributed by atoms with van der Waals surface area (Å²) in [6, 6.07) is 2.00. The summed E-state index contributed by atoms with van der Waals surface area (Å²) in [5.74, 6) is -0.0136. The molecule has 0 spiro atoms. The first-order valence-corrected chi connectivity index (χ1v) is 8.04. The Kier molecular flexibility index (Phi) is 5.19. The van der Waals surface area contributed by atoms with Gasteiger partial charge in [-0.25, -0.2) is 0 Å². The largest absolute Gasteiger partial charge is 0.385 e. The highest BCUT2D eigenvalue weighted by Gasteiger charge is 2.37. The maximum absolute atomic E-state index is 11.9. The van der Waals surface area contributed by atoms with E-state index in [0.717, 1.165) is 28.6 Å². The minimum absolute atomic E-state index is 0.0136. The van der Waals surface area contributed by atoms with E-state index >= 15 is 0 Å². The molecule has 0 aromatic carbocycles. The van der Waals surface area contributed by atoms with Crippen molar-refractivity contribution in [3.63, 3.8) is 0 Å². The number of hydrogen-bond donors (Lipinski definition) is 1. The van der Waals surface area contributed by atoms with Crippen molar-refractivity contribution >= 4 is 39.2 Å². The van der Waals surface area contributed by atoms with Gasteiger partial charge in [0.15, 0.2) is 0 Å². The topological polar surface area (TPSA) is 38.3 Å². The van der Waals surface area contributed by atoms with Gasteiger partial charge in [0.2, 0.25) is 5.91 Å². The second kappa shape index (κ2) is 6.68. The van der Waals surface area contributed by atoms with Gasteiger partial charge in [0, 0.05) is 40.1 Å². The maximum Gasteiger partial charge on any atom is 0.244 e. The van der Waals surface area contributed by atoms with E-state index in [-0.39, 0.29) is 11.4 Å². The Labute approximate surface area is 126 Å². The number of amides is 1. The molecule has 1 heterocycles. The van der Waals surface area contributed by atoms with E-state index in [0.29, 0.717) is 6.61 Å². The van der Waals surface area contributed by atoms with Crippen molar-refractivity contribution in [2.45, 2.75) is 31.2 Å². The van der Waals surface area contributed by atoms with Crippen LogP contribution >= 0.6 is 27.3 Å². The number of rotatable bonds is 6. The van der Waals surface area contributed by atoms with E-state index in [1.54, 1.807) is 24.5 Å². The van der Waals surface area contributed by atoms with Crippen LogP contribution in [0, 0.1) is 0 Å². The lowest BCUT2D eigenvalue weighted by Gasteiger charge is -2.42. The van der Waals surface area contributed by atoms with Crippen LogP contribution in [0.1, 0.15) is 30.6 Å². The second-order valence-corrected chi connectivity index (χ2v) is 6.73. The lowest BCUT2D eigenvalue weighted by Crippen LogP contribution is -2.53. The number of ether oxygens (including phenoxy) is 1.